The van der Waals surface area contributed by atoms with Crippen LogP contribution in [0.15, 0.2) is 0 Å². The van der Waals surface area contributed by atoms with Crippen LogP contribution in [0.5, 0.6) is 0 Å². The molecular formula is C9H20N2O3. The second kappa shape index (κ2) is 8.93. The van der Waals surface area contributed by atoms with Crippen LogP contribution in [-0.2, 0) is 14.4 Å². The van der Waals surface area contributed by atoms with Gasteiger partial charge in [0.05, 0.1) is 19.8 Å². The van der Waals surface area contributed by atoms with E-state index < -0.39 is 0 Å². The van der Waals surface area contributed by atoms with Gasteiger partial charge in [-0.25, -0.2) is 0 Å². The monoisotopic (exact) mass is 204 g/mol. The summed E-state index contributed by atoms with van der Waals surface area (Å²) in [6.07, 6.45) is 0.927. The predicted molar refractivity (Wildman–Crippen MR) is 53.7 cm³/mol. The first-order valence-corrected chi connectivity index (χ1v) is 4.83. The summed E-state index contributed by atoms with van der Waals surface area (Å²) in [6.45, 7) is 5.11. The SMILES string of the molecule is CCC(C)NC(=O)CNOCCOC. The van der Waals surface area contributed by atoms with Gasteiger partial charge in [-0.3, -0.25) is 9.63 Å². The summed E-state index contributed by atoms with van der Waals surface area (Å²) in [5.74, 6) is -0.0585. The zero-order chi connectivity index (χ0) is 10.8. The van der Waals surface area contributed by atoms with E-state index in [9.17, 15) is 4.79 Å². The van der Waals surface area contributed by atoms with Gasteiger partial charge in [0.2, 0.25) is 5.91 Å². The standard InChI is InChI=1S/C9H20N2O3/c1-4-8(2)11-9(12)7-10-14-6-5-13-3/h8,10H,4-7H2,1-3H3,(H,11,12). The van der Waals surface area contributed by atoms with Gasteiger partial charge in [-0.2, -0.15) is 5.48 Å². The smallest absolute Gasteiger partial charge is 0.236 e. The minimum atomic E-state index is -0.0585. The molecule has 0 bridgehead atoms. The number of amides is 1. The summed E-state index contributed by atoms with van der Waals surface area (Å²) in [5, 5.41) is 2.81. The molecule has 0 fully saturated rings. The van der Waals surface area contributed by atoms with Gasteiger partial charge in [0.15, 0.2) is 0 Å². The summed E-state index contributed by atoms with van der Waals surface area (Å²) in [4.78, 5) is 16.1. The van der Waals surface area contributed by atoms with Gasteiger partial charge in [-0.1, -0.05) is 6.92 Å². The molecule has 0 heterocycles. The van der Waals surface area contributed by atoms with Gasteiger partial charge in [0.25, 0.3) is 0 Å². The Morgan fingerprint density at radius 2 is 2.14 bits per heavy atom. The highest BCUT2D eigenvalue weighted by molar-refractivity contribution is 5.78. The number of rotatable bonds is 8. The van der Waals surface area contributed by atoms with Crippen molar-refractivity contribution in [3.8, 4) is 0 Å². The van der Waals surface area contributed by atoms with Crippen molar-refractivity contribution in [1.29, 1.82) is 0 Å². The van der Waals surface area contributed by atoms with Crippen LogP contribution in [0.1, 0.15) is 20.3 Å². The number of methoxy groups -OCH3 is 1. The van der Waals surface area contributed by atoms with Crippen LogP contribution in [0, 0.1) is 0 Å². The lowest BCUT2D eigenvalue weighted by molar-refractivity contribution is -0.123. The average Bonchev–Trinajstić information content (AvgIpc) is 2.17. The maximum absolute atomic E-state index is 11.2. The molecule has 0 aromatic carbocycles. The Kier molecular flexibility index (Phi) is 8.51. The molecule has 84 valence electrons. The Labute approximate surface area is 85.1 Å². The molecule has 0 aliphatic heterocycles. The Morgan fingerprint density at radius 3 is 2.71 bits per heavy atom. The van der Waals surface area contributed by atoms with Gasteiger partial charge >= 0.3 is 0 Å². The van der Waals surface area contributed by atoms with E-state index in [2.05, 4.69) is 10.8 Å². The molecule has 0 radical (unpaired) electrons. The minimum Gasteiger partial charge on any atom is -0.382 e. The third-order valence-corrected chi connectivity index (χ3v) is 1.74. The van der Waals surface area contributed by atoms with Crippen LogP contribution in [0.3, 0.4) is 0 Å². The topological polar surface area (TPSA) is 59.6 Å². The summed E-state index contributed by atoms with van der Waals surface area (Å²) in [7, 11) is 1.60. The molecule has 1 unspecified atom stereocenters. The lowest BCUT2D eigenvalue weighted by atomic mass is 10.2. The summed E-state index contributed by atoms with van der Waals surface area (Å²) in [5.41, 5.74) is 2.56. The Morgan fingerprint density at radius 1 is 1.43 bits per heavy atom. The normalized spacial score (nSPS) is 12.5. The van der Waals surface area contributed by atoms with E-state index in [1.807, 2.05) is 13.8 Å². The lowest BCUT2D eigenvalue weighted by Crippen LogP contribution is -2.39. The van der Waals surface area contributed by atoms with E-state index in [0.717, 1.165) is 6.42 Å². The number of carbonyl (C=O) groups is 1. The van der Waals surface area contributed by atoms with Gasteiger partial charge in [0, 0.05) is 13.2 Å². The minimum absolute atomic E-state index is 0.0585. The highest BCUT2D eigenvalue weighted by Gasteiger charge is 2.03. The average molecular weight is 204 g/mol. The molecule has 0 aliphatic carbocycles. The molecule has 0 aromatic heterocycles. The molecule has 0 rings (SSSR count). The molecular weight excluding hydrogens is 184 g/mol. The molecule has 2 N–H and O–H groups in total. The third-order valence-electron chi connectivity index (χ3n) is 1.74. The quantitative estimate of drug-likeness (QED) is 0.434. The fraction of sp³-hybridized carbons (Fsp3) is 0.889. The molecule has 5 nitrogen and oxygen atoms in total. The van der Waals surface area contributed by atoms with E-state index in [4.69, 9.17) is 9.57 Å². The van der Waals surface area contributed by atoms with E-state index in [-0.39, 0.29) is 18.5 Å². The maximum atomic E-state index is 11.2. The van der Waals surface area contributed by atoms with Crippen molar-refractivity contribution in [2.24, 2.45) is 0 Å². The number of ether oxygens (including phenoxy) is 1. The van der Waals surface area contributed by atoms with Crippen LogP contribution < -0.4 is 10.8 Å². The van der Waals surface area contributed by atoms with Crippen molar-refractivity contribution in [3.63, 3.8) is 0 Å². The molecule has 1 atom stereocenters. The molecule has 1 amide bonds. The van der Waals surface area contributed by atoms with Crippen molar-refractivity contribution in [2.45, 2.75) is 26.3 Å². The van der Waals surface area contributed by atoms with Crippen molar-refractivity contribution in [2.75, 3.05) is 26.9 Å². The highest BCUT2D eigenvalue weighted by atomic mass is 16.7. The zero-order valence-corrected chi connectivity index (χ0v) is 9.13. The molecule has 0 aromatic rings. The molecule has 14 heavy (non-hydrogen) atoms. The van der Waals surface area contributed by atoms with Crippen LogP contribution >= 0.6 is 0 Å². The second-order valence-electron chi connectivity index (χ2n) is 3.04. The summed E-state index contributed by atoms with van der Waals surface area (Å²) in [6, 6.07) is 0.211. The Bertz CT molecular complexity index is 153. The first-order chi connectivity index (χ1) is 6.70. The first-order valence-electron chi connectivity index (χ1n) is 4.83. The first kappa shape index (κ1) is 13.4. The number of carbonyl (C=O) groups excluding carboxylic acids is 1. The molecule has 0 saturated carbocycles. The zero-order valence-electron chi connectivity index (χ0n) is 9.13. The number of hydrogen-bond acceptors (Lipinski definition) is 4. The van der Waals surface area contributed by atoms with Crippen LogP contribution in [0.4, 0.5) is 0 Å². The van der Waals surface area contributed by atoms with Gasteiger partial charge < -0.3 is 10.1 Å². The van der Waals surface area contributed by atoms with Gasteiger partial charge in [-0.05, 0) is 13.3 Å². The number of hydrogen-bond donors (Lipinski definition) is 2. The van der Waals surface area contributed by atoms with Crippen LogP contribution in [0.25, 0.3) is 0 Å². The fourth-order valence-electron chi connectivity index (χ4n) is 0.742. The predicted octanol–water partition coefficient (Wildman–Crippen LogP) is 0.0687. The Balaban J connectivity index is 3.27. The Hall–Kier alpha value is -0.650. The van der Waals surface area contributed by atoms with E-state index in [1.165, 1.54) is 0 Å². The lowest BCUT2D eigenvalue weighted by Gasteiger charge is -2.11. The number of nitrogens with one attached hydrogen (secondary N) is 2. The van der Waals surface area contributed by atoms with Gasteiger partial charge in [0.1, 0.15) is 0 Å². The maximum Gasteiger partial charge on any atom is 0.236 e. The molecule has 0 spiro atoms. The van der Waals surface area contributed by atoms with Crippen molar-refractivity contribution in [1.82, 2.24) is 10.8 Å². The second-order valence-corrected chi connectivity index (χ2v) is 3.04. The van der Waals surface area contributed by atoms with Crippen molar-refractivity contribution >= 4 is 5.91 Å². The summed E-state index contributed by atoms with van der Waals surface area (Å²) >= 11 is 0. The van der Waals surface area contributed by atoms with Crippen LogP contribution in [0.2, 0.25) is 0 Å². The van der Waals surface area contributed by atoms with E-state index >= 15 is 0 Å². The number of hydroxylamine groups is 1. The third kappa shape index (κ3) is 7.97. The molecule has 0 aliphatic rings. The molecule has 0 saturated heterocycles. The van der Waals surface area contributed by atoms with Crippen molar-refractivity contribution in [3.05, 3.63) is 0 Å². The van der Waals surface area contributed by atoms with E-state index in [0.29, 0.717) is 13.2 Å². The van der Waals surface area contributed by atoms with Crippen molar-refractivity contribution < 1.29 is 14.4 Å². The largest absolute Gasteiger partial charge is 0.382 e. The summed E-state index contributed by atoms with van der Waals surface area (Å²) < 4.78 is 4.77. The van der Waals surface area contributed by atoms with E-state index in [1.54, 1.807) is 7.11 Å². The van der Waals surface area contributed by atoms with Crippen LogP contribution in [-0.4, -0.2) is 38.8 Å². The van der Waals surface area contributed by atoms with Gasteiger partial charge in [-0.15, -0.1) is 0 Å². The highest BCUT2D eigenvalue weighted by Crippen LogP contribution is 1.86. The fourth-order valence-corrected chi connectivity index (χ4v) is 0.742. The molecule has 5 heteroatoms.